The van der Waals surface area contributed by atoms with E-state index in [9.17, 15) is 0 Å². The molecule has 2 nitrogen and oxygen atoms in total. The van der Waals surface area contributed by atoms with E-state index in [4.69, 9.17) is 10.00 Å². The topological polar surface area (TPSA) is 33.0 Å². The maximum Gasteiger partial charge on any atom is 0.133 e. The number of hydrogen-bond donors (Lipinski definition) is 0. The molecule has 4 heteroatoms. The molecule has 1 aromatic carbocycles. The Hall–Kier alpha value is -0.660. The lowest BCUT2D eigenvalue weighted by Gasteiger charge is -2.05. The van der Waals surface area contributed by atoms with E-state index in [-0.39, 0.29) is 0 Å². The van der Waals surface area contributed by atoms with Crippen LogP contribution in [0.1, 0.15) is 19.3 Å². The molecule has 0 heterocycles. The van der Waals surface area contributed by atoms with E-state index in [1.54, 1.807) is 0 Å². The second-order valence-electron chi connectivity index (χ2n) is 3.30. The molecule has 0 atom stereocenters. The van der Waals surface area contributed by atoms with Gasteiger partial charge in [-0.2, -0.15) is 5.26 Å². The first-order valence-corrected chi connectivity index (χ1v) is 7.00. The number of thiocyanates is 1. The molecule has 1 rings (SSSR count). The molecule has 0 unspecified atom stereocenters. The van der Waals surface area contributed by atoms with Gasteiger partial charge in [-0.3, -0.25) is 0 Å². The molecular weight excluding hydrogens is 286 g/mol. The van der Waals surface area contributed by atoms with E-state index >= 15 is 0 Å². The zero-order chi connectivity index (χ0) is 11.6. The van der Waals surface area contributed by atoms with Crippen molar-refractivity contribution in [3.05, 3.63) is 28.7 Å². The largest absolute Gasteiger partial charge is 0.494 e. The first kappa shape index (κ1) is 13.4. The summed E-state index contributed by atoms with van der Waals surface area (Å²) in [5, 5.41) is 10.4. The van der Waals surface area contributed by atoms with Crippen LogP contribution in [-0.2, 0) is 0 Å². The Morgan fingerprint density at radius 1 is 1.19 bits per heavy atom. The van der Waals surface area contributed by atoms with Crippen LogP contribution in [0.4, 0.5) is 0 Å². The van der Waals surface area contributed by atoms with Gasteiger partial charge in [0, 0.05) is 10.2 Å². The third kappa shape index (κ3) is 6.04. The Morgan fingerprint density at radius 3 is 2.62 bits per heavy atom. The minimum Gasteiger partial charge on any atom is -0.494 e. The Bertz CT molecular complexity index is 334. The Kier molecular flexibility index (Phi) is 7.11. The summed E-state index contributed by atoms with van der Waals surface area (Å²) in [5.74, 6) is 1.84. The lowest BCUT2D eigenvalue weighted by molar-refractivity contribution is 0.306. The van der Waals surface area contributed by atoms with E-state index in [0.717, 1.165) is 41.8 Å². The average Bonchev–Trinajstić information content (AvgIpc) is 2.30. The molecule has 0 aliphatic carbocycles. The monoisotopic (exact) mass is 299 g/mol. The van der Waals surface area contributed by atoms with E-state index in [2.05, 4.69) is 21.3 Å². The number of halogens is 1. The molecule has 0 N–H and O–H groups in total. The molecule has 0 aromatic heterocycles. The highest BCUT2D eigenvalue weighted by Crippen LogP contribution is 2.16. The van der Waals surface area contributed by atoms with Gasteiger partial charge in [-0.1, -0.05) is 15.9 Å². The summed E-state index contributed by atoms with van der Waals surface area (Å²) in [6.07, 6.45) is 3.25. The molecule has 0 radical (unpaired) electrons. The van der Waals surface area contributed by atoms with Crippen LogP contribution in [-0.4, -0.2) is 12.4 Å². The molecule has 0 amide bonds. The molecule has 0 fully saturated rings. The predicted molar refractivity (Wildman–Crippen MR) is 71.6 cm³/mol. The van der Waals surface area contributed by atoms with E-state index in [0.29, 0.717) is 0 Å². The third-order valence-corrected chi connectivity index (χ3v) is 3.19. The van der Waals surface area contributed by atoms with Crippen molar-refractivity contribution in [2.24, 2.45) is 0 Å². The number of nitriles is 1. The predicted octanol–water partition coefficient (Wildman–Crippen LogP) is 4.21. The first-order chi connectivity index (χ1) is 7.83. The number of ether oxygens (including phenoxy) is 1. The van der Waals surface area contributed by atoms with Gasteiger partial charge in [0.1, 0.15) is 11.2 Å². The average molecular weight is 300 g/mol. The number of rotatable bonds is 7. The van der Waals surface area contributed by atoms with Gasteiger partial charge < -0.3 is 4.74 Å². The van der Waals surface area contributed by atoms with Crippen LogP contribution in [0.15, 0.2) is 28.7 Å². The Balaban J connectivity index is 2.03. The Morgan fingerprint density at radius 2 is 1.94 bits per heavy atom. The zero-order valence-electron chi connectivity index (χ0n) is 8.99. The van der Waals surface area contributed by atoms with Gasteiger partial charge in [0.05, 0.1) is 6.61 Å². The molecule has 16 heavy (non-hydrogen) atoms. The van der Waals surface area contributed by atoms with Gasteiger partial charge in [-0.05, 0) is 55.3 Å². The second kappa shape index (κ2) is 8.49. The fourth-order valence-corrected chi connectivity index (χ4v) is 1.92. The number of nitrogens with zero attached hydrogens (tertiary/aromatic N) is 1. The van der Waals surface area contributed by atoms with Gasteiger partial charge in [0.25, 0.3) is 0 Å². The summed E-state index contributed by atoms with van der Waals surface area (Å²) >= 11 is 4.70. The highest BCUT2D eigenvalue weighted by Gasteiger charge is 1.94. The van der Waals surface area contributed by atoms with Crippen molar-refractivity contribution in [2.45, 2.75) is 19.3 Å². The van der Waals surface area contributed by atoms with Gasteiger partial charge in [0.2, 0.25) is 0 Å². The summed E-state index contributed by atoms with van der Waals surface area (Å²) in [5.41, 5.74) is 0. The second-order valence-corrected chi connectivity index (χ2v) is 5.10. The van der Waals surface area contributed by atoms with Crippen molar-refractivity contribution < 1.29 is 4.74 Å². The van der Waals surface area contributed by atoms with E-state index < -0.39 is 0 Å². The quantitative estimate of drug-likeness (QED) is 0.558. The maximum atomic E-state index is 8.32. The maximum absolute atomic E-state index is 8.32. The van der Waals surface area contributed by atoms with Crippen LogP contribution in [0.3, 0.4) is 0 Å². The SMILES string of the molecule is N#CSCCCCCOc1ccc(Br)cc1. The standard InChI is InChI=1S/C12H14BrNOS/c13-11-4-6-12(7-5-11)15-8-2-1-3-9-16-10-14/h4-7H,1-3,8-9H2. The summed E-state index contributed by atoms with van der Waals surface area (Å²) in [4.78, 5) is 0. The molecule has 0 spiro atoms. The summed E-state index contributed by atoms with van der Waals surface area (Å²) in [6.45, 7) is 0.749. The molecule has 0 aliphatic rings. The summed E-state index contributed by atoms with van der Waals surface area (Å²) in [7, 11) is 0. The van der Waals surface area contributed by atoms with Gasteiger partial charge in [-0.25, -0.2) is 0 Å². The fraction of sp³-hybridized carbons (Fsp3) is 0.417. The number of benzene rings is 1. The molecule has 0 bridgehead atoms. The van der Waals surface area contributed by atoms with Crippen LogP contribution in [0.5, 0.6) is 5.75 Å². The minimum atomic E-state index is 0.749. The van der Waals surface area contributed by atoms with Gasteiger partial charge >= 0.3 is 0 Å². The molecule has 0 saturated heterocycles. The summed E-state index contributed by atoms with van der Waals surface area (Å²) < 4.78 is 6.64. The number of thioether (sulfide) groups is 1. The zero-order valence-corrected chi connectivity index (χ0v) is 11.4. The highest BCUT2D eigenvalue weighted by atomic mass is 79.9. The van der Waals surface area contributed by atoms with Crippen LogP contribution in [0.25, 0.3) is 0 Å². The molecule has 1 aromatic rings. The lowest BCUT2D eigenvalue weighted by atomic mass is 10.3. The van der Waals surface area contributed by atoms with Gasteiger partial charge in [-0.15, -0.1) is 0 Å². The number of hydrogen-bond acceptors (Lipinski definition) is 3. The molecule has 0 saturated carbocycles. The molecular formula is C12H14BrNOS. The smallest absolute Gasteiger partial charge is 0.133 e. The van der Waals surface area contributed by atoms with Crippen molar-refractivity contribution in [1.82, 2.24) is 0 Å². The third-order valence-electron chi connectivity index (χ3n) is 2.04. The van der Waals surface area contributed by atoms with Crippen LogP contribution in [0, 0.1) is 10.7 Å². The first-order valence-electron chi connectivity index (χ1n) is 5.22. The molecule has 0 aliphatic heterocycles. The normalized spacial score (nSPS) is 9.75. The van der Waals surface area contributed by atoms with Gasteiger partial charge in [0.15, 0.2) is 0 Å². The summed E-state index contributed by atoms with van der Waals surface area (Å²) in [6, 6.07) is 7.85. The Labute approximate surface area is 109 Å². The highest BCUT2D eigenvalue weighted by molar-refractivity contribution is 9.10. The van der Waals surface area contributed by atoms with E-state index in [1.165, 1.54) is 11.8 Å². The van der Waals surface area contributed by atoms with Crippen molar-refractivity contribution in [2.75, 3.05) is 12.4 Å². The minimum absolute atomic E-state index is 0.749. The van der Waals surface area contributed by atoms with Crippen molar-refractivity contribution in [1.29, 1.82) is 5.26 Å². The number of unbranched alkanes of at least 4 members (excludes halogenated alkanes) is 2. The fourth-order valence-electron chi connectivity index (χ4n) is 1.22. The van der Waals surface area contributed by atoms with Crippen LogP contribution >= 0.6 is 27.7 Å². The van der Waals surface area contributed by atoms with E-state index in [1.807, 2.05) is 24.3 Å². The van der Waals surface area contributed by atoms with Crippen molar-refractivity contribution >= 4 is 27.7 Å². The van der Waals surface area contributed by atoms with Crippen LogP contribution < -0.4 is 4.74 Å². The van der Waals surface area contributed by atoms with Crippen LogP contribution in [0.2, 0.25) is 0 Å². The van der Waals surface area contributed by atoms with Crippen molar-refractivity contribution in [3.63, 3.8) is 0 Å². The molecule has 86 valence electrons. The van der Waals surface area contributed by atoms with Crippen molar-refractivity contribution in [3.8, 4) is 11.2 Å². The lowest BCUT2D eigenvalue weighted by Crippen LogP contribution is -1.97.